The number of rotatable bonds is 7. The molecule has 0 fully saturated rings. The van der Waals surface area contributed by atoms with Gasteiger partial charge in [-0.3, -0.25) is 9.78 Å². The molecule has 1 N–H and O–H groups in total. The molecule has 0 aliphatic heterocycles. The van der Waals surface area contributed by atoms with Crippen LogP contribution in [-0.2, 0) is 24.9 Å². The molecule has 0 bridgehead atoms. The minimum atomic E-state index is 0. The molecule has 203 valence electrons. The van der Waals surface area contributed by atoms with E-state index < -0.39 is 0 Å². The van der Waals surface area contributed by atoms with Crippen LogP contribution < -0.4 is 0 Å². The second kappa shape index (κ2) is 12.3. The van der Waals surface area contributed by atoms with E-state index in [1.807, 2.05) is 33.9 Å². The summed E-state index contributed by atoms with van der Waals surface area (Å²) in [6.07, 6.45) is 6.85. The molecule has 5 heteroatoms. The van der Waals surface area contributed by atoms with Gasteiger partial charge in [-0.05, 0) is 42.5 Å². The number of nitrogens with zero attached hydrogens (tertiary/aromatic N) is 2. The standard InChI is InChI=1S/C21H11N2.C13H24O2.Ir/c1-2-5-15-11-19-18(10-14(15)4-1)17-7-3-6-13-8-9-16-12-22-21(19)23(16)20(13)17;1-5-10(6-2)12(14)9-13(15)11(7-3)8-4;/h1-10,12H;9-11,14H,5-8H2,1-4H3;/q-1;;/b;12-9-;. The van der Waals surface area contributed by atoms with Gasteiger partial charge >= 0.3 is 0 Å². The van der Waals surface area contributed by atoms with E-state index >= 15 is 0 Å². The number of aromatic nitrogens is 2. The summed E-state index contributed by atoms with van der Waals surface area (Å²) in [6.45, 7) is 8.07. The summed E-state index contributed by atoms with van der Waals surface area (Å²) >= 11 is 0. The fourth-order valence-corrected chi connectivity index (χ4v) is 5.57. The van der Waals surface area contributed by atoms with Crippen LogP contribution in [0.5, 0.6) is 0 Å². The molecule has 0 saturated heterocycles. The molecule has 3 heterocycles. The first-order valence-corrected chi connectivity index (χ1v) is 13.8. The number of para-hydroxylation sites is 1. The Labute approximate surface area is 243 Å². The van der Waals surface area contributed by atoms with Crippen LogP contribution >= 0.6 is 0 Å². The quantitative estimate of drug-likeness (QED) is 0.0597. The van der Waals surface area contributed by atoms with E-state index in [1.54, 1.807) is 0 Å². The molecule has 1 radical (unpaired) electrons. The average Bonchev–Trinajstić information content (AvgIpc) is 3.39. The van der Waals surface area contributed by atoms with Crippen molar-refractivity contribution in [2.75, 3.05) is 0 Å². The van der Waals surface area contributed by atoms with E-state index in [1.165, 1.54) is 33.1 Å². The smallest absolute Gasteiger partial charge is 0.162 e. The largest absolute Gasteiger partial charge is 0.512 e. The van der Waals surface area contributed by atoms with Crippen LogP contribution in [0.25, 0.3) is 49.0 Å². The number of imidazole rings is 1. The van der Waals surface area contributed by atoms with Crippen LogP contribution in [-0.4, -0.2) is 20.3 Å². The van der Waals surface area contributed by atoms with E-state index in [-0.39, 0.29) is 43.5 Å². The summed E-state index contributed by atoms with van der Waals surface area (Å²) in [5, 5.41) is 16.9. The molecule has 0 aliphatic carbocycles. The summed E-state index contributed by atoms with van der Waals surface area (Å²) in [7, 11) is 0. The zero-order valence-electron chi connectivity index (χ0n) is 23.0. The van der Waals surface area contributed by atoms with Gasteiger partial charge in [0.25, 0.3) is 0 Å². The third-order valence-electron chi connectivity index (χ3n) is 7.90. The number of carbonyl (C=O) groups excluding carboxylic acids is 1. The number of benzene rings is 3. The van der Waals surface area contributed by atoms with Crippen molar-refractivity contribution in [3.05, 3.63) is 84.8 Å². The molecule has 0 aliphatic rings. The van der Waals surface area contributed by atoms with Crippen molar-refractivity contribution in [3.63, 3.8) is 0 Å². The number of allylic oxidation sites excluding steroid dienone is 2. The summed E-state index contributed by atoms with van der Waals surface area (Å²) in [4.78, 5) is 16.4. The van der Waals surface area contributed by atoms with Crippen LogP contribution in [0.4, 0.5) is 0 Å². The van der Waals surface area contributed by atoms with Crippen LogP contribution in [0.15, 0.2) is 78.7 Å². The van der Waals surface area contributed by atoms with Crippen molar-refractivity contribution in [1.29, 1.82) is 0 Å². The van der Waals surface area contributed by atoms with Gasteiger partial charge in [-0.1, -0.05) is 86.3 Å². The number of ketones is 1. The second-order valence-electron chi connectivity index (χ2n) is 10.1. The van der Waals surface area contributed by atoms with Gasteiger partial charge in [0.05, 0.1) is 16.9 Å². The SMILES string of the molecule is CCC(CC)C(=O)/C=C(\O)C(CC)CC.[Ir].[c-]1c2ccccc2cc2c1c1ncc3ccc4cccc2c4n31. The number of hydrogen-bond donors (Lipinski definition) is 1. The van der Waals surface area contributed by atoms with Gasteiger partial charge in [-0.15, -0.1) is 23.6 Å². The molecule has 0 atom stereocenters. The molecular weight excluding hydrogens is 661 g/mol. The Hall–Kier alpha value is -3.27. The molecular formula is C34H35IrN2O2-. The molecule has 6 aromatic rings. The molecule has 6 rings (SSSR count). The van der Waals surface area contributed by atoms with E-state index in [0.717, 1.165) is 47.6 Å². The van der Waals surface area contributed by atoms with Gasteiger partial charge in [0.2, 0.25) is 0 Å². The van der Waals surface area contributed by atoms with Crippen molar-refractivity contribution >= 4 is 54.8 Å². The predicted molar refractivity (Wildman–Crippen MR) is 159 cm³/mol. The maximum absolute atomic E-state index is 11.7. The van der Waals surface area contributed by atoms with Crippen LogP contribution in [0.2, 0.25) is 0 Å². The average molecular weight is 696 g/mol. The summed E-state index contributed by atoms with van der Waals surface area (Å²) in [5.41, 5.74) is 3.37. The molecule has 0 saturated carbocycles. The number of aliphatic hydroxyl groups is 1. The van der Waals surface area contributed by atoms with Gasteiger partial charge in [0.15, 0.2) is 5.78 Å². The van der Waals surface area contributed by atoms with E-state index in [2.05, 4.69) is 76.1 Å². The summed E-state index contributed by atoms with van der Waals surface area (Å²) in [5.74, 6) is 0.547. The van der Waals surface area contributed by atoms with Gasteiger partial charge in [-0.2, -0.15) is 0 Å². The normalized spacial score (nSPS) is 12.1. The van der Waals surface area contributed by atoms with Gasteiger partial charge in [0.1, 0.15) is 0 Å². The first kappa shape index (κ1) is 28.7. The number of hydrogen-bond acceptors (Lipinski definition) is 3. The van der Waals surface area contributed by atoms with Crippen molar-refractivity contribution in [1.82, 2.24) is 9.38 Å². The minimum Gasteiger partial charge on any atom is -0.512 e. The first-order chi connectivity index (χ1) is 18.5. The van der Waals surface area contributed by atoms with Gasteiger partial charge in [-0.25, -0.2) is 0 Å². The minimum absolute atomic E-state index is 0. The van der Waals surface area contributed by atoms with Gasteiger partial charge in [0, 0.05) is 49.7 Å². The number of fused-ring (bicyclic) bond motifs is 4. The molecule has 4 nitrogen and oxygen atoms in total. The van der Waals surface area contributed by atoms with Crippen molar-refractivity contribution in [2.24, 2.45) is 11.8 Å². The Balaban J connectivity index is 0.000000196. The zero-order chi connectivity index (χ0) is 26.8. The topological polar surface area (TPSA) is 54.6 Å². The maximum Gasteiger partial charge on any atom is 0.162 e. The third kappa shape index (κ3) is 5.31. The summed E-state index contributed by atoms with van der Waals surface area (Å²) < 4.78 is 2.26. The van der Waals surface area contributed by atoms with E-state index in [0.29, 0.717) is 0 Å². The zero-order valence-corrected chi connectivity index (χ0v) is 25.4. The number of aliphatic hydroxyl groups excluding tert-OH is 1. The molecule has 3 aromatic heterocycles. The Morgan fingerprint density at radius 2 is 1.59 bits per heavy atom. The Morgan fingerprint density at radius 1 is 0.897 bits per heavy atom. The molecule has 0 amide bonds. The fraction of sp³-hybridized carbons (Fsp3) is 0.294. The molecule has 3 aromatic carbocycles. The number of pyridine rings is 2. The molecule has 0 unspecified atom stereocenters. The van der Waals surface area contributed by atoms with Crippen molar-refractivity contribution in [2.45, 2.75) is 53.4 Å². The first-order valence-electron chi connectivity index (χ1n) is 13.8. The van der Waals surface area contributed by atoms with Crippen LogP contribution in [0.1, 0.15) is 53.4 Å². The molecule has 39 heavy (non-hydrogen) atoms. The molecule has 0 spiro atoms. The van der Waals surface area contributed by atoms with Crippen molar-refractivity contribution < 1.29 is 30.0 Å². The fourth-order valence-electron chi connectivity index (χ4n) is 5.57. The summed E-state index contributed by atoms with van der Waals surface area (Å²) in [6, 6.07) is 25.1. The Bertz CT molecular complexity index is 1760. The monoisotopic (exact) mass is 696 g/mol. The van der Waals surface area contributed by atoms with E-state index in [9.17, 15) is 9.90 Å². The van der Waals surface area contributed by atoms with E-state index in [4.69, 9.17) is 0 Å². The van der Waals surface area contributed by atoms with Gasteiger partial charge < -0.3 is 9.51 Å². The second-order valence-corrected chi connectivity index (χ2v) is 10.1. The Kier molecular flexibility index (Phi) is 9.04. The van der Waals surface area contributed by atoms with Crippen LogP contribution in [0.3, 0.4) is 0 Å². The van der Waals surface area contributed by atoms with Crippen molar-refractivity contribution in [3.8, 4) is 0 Å². The Morgan fingerprint density at radius 3 is 2.31 bits per heavy atom. The van der Waals surface area contributed by atoms with Crippen LogP contribution in [0, 0.1) is 17.9 Å². The number of carbonyl (C=O) groups is 1. The maximum atomic E-state index is 11.7. The predicted octanol–water partition coefficient (Wildman–Crippen LogP) is 9.05. The third-order valence-corrected chi connectivity index (χ3v) is 7.90.